The van der Waals surface area contributed by atoms with Gasteiger partial charge in [-0.05, 0) is 68.5 Å². The van der Waals surface area contributed by atoms with Crippen molar-refractivity contribution in [2.75, 3.05) is 41.3 Å². The van der Waals surface area contributed by atoms with Crippen molar-refractivity contribution in [3.05, 3.63) is 60.2 Å². The van der Waals surface area contributed by atoms with Crippen LogP contribution in [0.15, 0.2) is 54.6 Å². The molecule has 154 valence electrons. The number of amides is 1. The second-order valence-corrected chi connectivity index (χ2v) is 8.30. The van der Waals surface area contributed by atoms with Crippen LogP contribution in [0.1, 0.15) is 42.5 Å². The first kappa shape index (κ1) is 18.9. The molecule has 3 heterocycles. The third-order valence-electron chi connectivity index (χ3n) is 6.20. The van der Waals surface area contributed by atoms with E-state index >= 15 is 0 Å². The highest BCUT2D eigenvalue weighted by Gasteiger charge is 2.22. The highest BCUT2D eigenvalue weighted by atomic mass is 16.1. The molecule has 2 aromatic carbocycles. The van der Waals surface area contributed by atoms with Crippen LogP contribution in [0, 0.1) is 0 Å². The predicted molar refractivity (Wildman–Crippen MR) is 124 cm³/mol. The topological polar surface area (TPSA) is 48.5 Å². The number of hydrogen-bond donors (Lipinski definition) is 1. The van der Waals surface area contributed by atoms with Gasteiger partial charge in [-0.1, -0.05) is 18.2 Å². The van der Waals surface area contributed by atoms with Crippen molar-refractivity contribution in [3.63, 3.8) is 0 Å². The number of hydrogen-bond acceptors (Lipinski definition) is 4. The lowest BCUT2D eigenvalue weighted by molar-refractivity contribution is 0.102. The lowest BCUT2D eigenvalue weighted by Crippen LogP contribution is -2.29. The first-order chi connectivity index (χ1) is 14.8. The number of aromatic nitrogens is 1. The molecule has 1 N–H and O–H groups in total. The summed E-state index contributed by atoms with van der Waals surface area (Å²) in [6, 6.07) is 18.2. The maximum atomic E-state index is 13.2. The zero-order chi connectivity index (χ0) is 20.3. The average Bonchev–Trinajstić information content (AvgIpc) is 3.34. The van der Waals surface area contributed by atoms with Gasteiger partial charge in [-0.2, -0.15) is 0 Å². The van der Waals surface area contributed by atoms with Crippen LogP contribution in [-0.2, 0) is 0 Å². The number of carbonyl (C=O) groups excluding carboxylic acids is 1. The van der Waals surface area contributed by atoms with Crippen molar-refractivity contribution in [3.8, 4) is 0 Å². The van der Waals surface area contributed by atoms with Crippen LogP contribution in [-0.4, -0.2) is 37.1 Å². The molecule has 30 heavy (non-hydrogen) atoms. The Kier molecular flexibility index (Phi) is 5.26. The largest absolute Gasteiger partial charge is 0.372 e. The molecule has 5 rings (SSSR count). The van der Waals surface area contributed by atoms with Gasteiger partial charge in [0.1, 0.15) is 5.82 Å². The molecule has 2 fully saturated rings. The molecule has 2 aliphatic heterocycles. The summed E-state index contributed by atoms with van der Waals surface area (Å²) in [6.07, 6.45) is 6.13. The van der Waals surface area contributed by atoms with Crippen molar-refractivity contribution in [2.24, 2.45) is 0 Å². The van der Waals surface area contributed by atoms with E-state index in [9.17, 15) is 4.79 Å². The minimum absolute atomic E-state index is 0.0964. The summed E-state index contributed by atoms with van der Waals surface area (Å²) in [6.45, 7) is 4.15. The molecular formula is C25H28N4O. The summed E-state index contributed by atoms with van der Waals surface area (Å²) >= 11 is 0. The summed E-state index contributed by atoms with van der Waals surface area (Å²) in [5.74, 6) is 0.703. The summed E-state index contributed by atoms with van der Waals surface area (Å²) in [5.41, 5.74) is 3.64. The second kappa shape index (κ2) is 8.34. The Morgan fingerprint density at radius 3 is 2.23 bits per heavy atom. The Hall–Kier alpha value is -3.08. The predicted octanol–water partition coefficient (Wildman–Crippen LogP) is 5.08. The van der Waals surface area contributed by atoms with Crippen LogP contribution in [0.25, 0.3) is 10.9 Å². The van der Waals surface area contributed by atoms with Crippen LogP contribution in [0.3, 0.4) is 0 Å². The van der Waals surface area contributed by atoms with E-state index in [0.29, 0.717) is 5.56 Å². The summed E-state index contributed by atoms with van der Waals surface area (Å²) in [5, 5.41) is 4.08. The van der Waals surface area contributed by atoms with Crippen molar-refractivity contribution in [2.45, 2.75) is 32.1 Å². The molecule has 3 aromatic rings. The van der Waals surface area contributed by atoms with Crippen LogP contribution >= 0.6 is 0 Å². The van der Waals surface area contributed by atoms with Crippen molar-refractivity contribution >= 4 is 34.0 Å². The van der Waals surface area contributed by atoms with Gasteiger partial charge in [0.25, 0.3) is 5.91 Å². The quantitative estimate of drug-likeness (QED) is 0.664. The monoisotopic (exact) mass is 400 g/mol. The number of para-hydroxylation sites is 1. The van der Waals surface area contributed by atoms with Crippen LogP contribution in [0.5, 0.6) is 0 Å². The second-order valence-electron chi connectivity index (χ2n) is 8.30. The van der Waals surface area contributed by atoms with Crippen LogP contribution < -0.4 is 15.1 Å². The van der Waals surface area contributed by atoms with Gasteiger partial charge in [-0.25, -0.2) is 4.98 Å². The van der Waals surface area contributed by atoms with E-state index in [1.807, 2.05) is 42.5 Å². The molecule has 1 amide bonds. The van der Waals surface area contributed by atoms with Gasteiger partial charge in [0.2, 0.25) is 0 Å². The van der Waals surface area contributed by atoms with Gasteiger partial charge in [0, 0.05) is 42.9 Å². The van der Waals surface area contributed by atoms with Crippen LogP contribution in [0.4, 0.5) is 17.2 Å². The number of benzene rings is 2. The van der Waals surface area contributed by atoms with E-state index < -0.39 is 0 Å². The standard InChI is InChI=1S/C25H28N4O/c30-25(26-20-10-12-21(13-11-20)28-14-4-1-5-15-28)22-18-19-8-2-3-9-23(19)27-24(22)29-16-6-7-17-29/h2-3,8-13,18H,1,4-7,14-17H2,(H,26,30). The summed E-state index contributed by atoms with van der Waals surface area (Å²) in [7, 11) is 0. The molecule has 2 aliphatic rings. The maximum Gasteiger partial charge on any atom is 0.259 e. The number of carbonyl (C=O) groups is 1. The van der Waals surface area contributed by atoms with Crippen molar-refractivity contribution < 1.29 is 4.79 Å². The van der Waals surface area contributed by atoms with Gasteiger partial charge < -0.3 is 15.1 Å². The fraction of sp³-hybridized carbons (Fsp3) is 0.360. The zero-order valence-corrected chi connectivity index (χ0v) is 17.3. The SMILES string of the molecule is O=C(Nc1ccc(N2CCCCC2)cc1)c1cc2ccccc2nc1N1CCCC1. The molecule has 5 nitrogen and oxygen atoms in total. The van der Waals surface area contributed by atoms with Crippen molar-refractivity contribution in [1.29, 1.82) is 0 Å². The van der Waals surface area contributed by atoms with Crippen molar-refractivity contribution in [1.82, 2.24) is 4.98 Å². The van der Waals surface area contributed by atoms with E-state index in [1.54, 1.807) is 0 Å². The van der Waals surface area contributed by atoms with E-state index in [4.69, 9.17) is 4.98 Å². The van der Waals surface area contributed by atoms with Crippen LogP contribution in [0.2, 0.25) is 0 Å². The summed E-state index contributed by atoms with van der Waals surface area (Å²) < 4.78 is 0. The Bertz CT molecular complexity index is 1030. The van der Waals surface area contributed by atoms with E-state index in [1.165, 1.54) is 24.9 Å². The highest BCUT2D eigenvalue weighted by Crippen LogP contribution is 2.28. The first-order valence-corrected chi connectivity index (χ1v) is 11.1. The maximum absolute atomic E-state index is 13.2. The lowest BCUT2D eigenvalue weighted by atomic mass is 10.1. The average molecular weight is 401 g/mol. The van der Waals surface area contributed by atoms with Gasteiger partial charge in [0.05, 0.1) is 11.1 Å². The molecule has 0 spiro atoms. The number of fused-ring (bicyclic) bond motifs is 1. The Labute approximate surface area is 177 Å². The molecule has 0 saturated carbocycles. The van der Waals surface area contributed by atoms with Gasteiger partial charge in [-0.3, -0.25) is 4.79 Å². The van der Waals surface area contributed by atoms with E-state index in [2.05, 4.69) is 27.2 Å². The fourth-order valence-corrected chi connectivity index (χ4v) is 4.55. The molecular weight excluding hydrogens is 372 g/mol. The molecule has 0 bridgehead atoms. The van der Waals surface area contributed by atoms with E-state index in [-0.39, 0.29) is 5.91 Å². The lowest BCUT2D eigenvalue weighted by Gasteiger charge is -2.28. The molecule has 0 aliphatic carbocycles. The molecule has 5 heteroatoms. The van der Waals surface area contributed by atoms with Gasteiger partial charge in [-0.15, -0.1) is 0 Å². The summed E-state index contributed by atoms with van der Waals surface area (Å²) in [4.78, 5) is 22.7. The van der Waals surface area contributed by atoms with Gasteiger partial charge >= 0.3 is 0 Å². The first-order valence-electron chi connectivity index (χ1n) is 11.1. The zero-order valence-electron chi connectivity index (χ0n) is 17.3. The molecule has 0 radical (unpaired) electrons. The molecule has 2 saturated heterocycles. The number of nitrogens with zero attached hydrogens (tertiary/aromatic N) is 3. The Morgan fingerprint density at radius 2 is 1.47 bits per heavy atom. The fourth-order valence-electron chi connectivity index (χ4n) is 4.55. The Balaban J connectivity index is 1.40. The minimum Gasteiger partial charge on any atom is -0.372 e. The highest BCUT2D eigenvalue weighted by molar-refractivity contribution is 6.09. The number of nitrogens with one attached hydrogen (secondary N) is 1. The number of rotatable bonds is 4. The number of pyridine rings is 1. The normalized spacial score (nSPS) is 16.8. The third kappa shape index (κ3) is 3.84. The molecule has 0 unspecified atom stereocenters. The third-order valence-corrected chi connectivity index (χ3v) is 6.20. The smallest absolute Gasteiger partial charge is 0.259 e. The van der Waals surface area contributed by atoms with Gasteiger partial charge in [0.15, 0.2) is 0 Å². The molecule has 1 aromatic heterocycles. The number of anilines is 3. The Morgan fingerprint density at radius 1 is 0.800 bits per heavy atom. The number of piperidine rings is 1. The molecule has 0 atom stereocenters. The minimum atomic E-state index is -0.0964. The van der Waals surface area contributed by atoms with E-state index in [0.717, 1.165) is 61.4 Å².